The predicted molar refractivity (Wildman–Crippen MR) is 66.8 cm³/mol. The van der Waals surface area contributed by atoms with E-state index in [-0.39, 0.29) is 11.8 Å². The number of fused-ring (bicyclic) bond motifs is 1. The average Bonchev–Trinajstić information content (AvgIpc) is 2.68. The lowest BCUT2D eigenvalue weighted by molar-refractivity contribution is -0.124. The quantitative estimate of drug-likeness (QED) is 0.867. The van der Waals surface area contributed by atoms with Crippen LogP contribution in [0.4, 0.5) is 5.69 Å². The van der Waals surface area contributed by atoms with Gasteiger partial charge in [-0.3, -0.25) is 4.79 Å². The Morgan fingerprint density at radius 3 is 2.67 bits per heavy atom. The molecule has 1 amide bonds. The lowest BCUT2D eigenvalue weighted by atomic mass is 9.84. The summed E-state index contributed by atoms with van der Waals surface area (Å²) in [5.41, 5.74) is 2.17. The fourth-order valence-electron chi connectivity index (χ4n) is 2.64. The van der Waals surface area contributed by atoms with Crippen LogP contribution >= 0.6 is 0 Å². The monoisotopic (exact) mass is 245 g/mol. The summed E-state index contributed by atoms with van der Waals surface area (Å²) in [7, 11) is 0. The number of carbonyl (C=O) groups excluding carboxylic acids is 1. The van der Waals surface area contributed by atoms with Crippen molar-refractivity contribution in [1.82, 2.24) is 0 Å². The molecule has 4 heteroatoms. The number of hydrogen-bond donors (Lipinski definition) is 1. The van der Waals surface area contributed by atoms with Gasteiger partial charge < -0.3 is 10.0 Å². The highest BCUT2D eigenvalue weighted by Gasteiger charge is 2.33. The summed E-state index contributed by atoms with van der Waals surface area (Å²) >= 11 is 0. The summed E-state index contributed by atoms with van der Waals surface area (Å²) < 4.78 is 0. The van der Waals surface area contributed by atoms with Crippen LogP contribution in [0.5, 0.6) is 0 Å². The van der Waals surface area contributed by atoms with Crippen LogP contribution in [0.15, 0.2) is 18.2 Å². The van der Waals surface area contributed by atoms with Gasteiger partial charge in [0, 0.05) is 18.2 Å². The number of benzene rings is 1. The molecule has 94 valence electrons. The second kappa shape index (κ2) is 4.12. The molecule has 1 aromatic carbocycles. The van der Waals surface area contributed by atoms with E-state index in [0.29, 0.717) is 12.1 Å². The Kier molecular flexibility index (Phi) is 2.58. The van der Waals surface area contributed by atoms with Gasteiger partial charge in [-0.25, -0.2) is 4.79 Å². The molecule has 2 aliphatic rings. The van der Waals surface area contributed by atoms with Gasteiger partial charge in [0.05, 0.1) is 5.56 Å². The summed E-state index contributed by atoms with van der Waals surface area (Å²) in [6.07, 6.45) is 3.90. The highest BCUT2D eigenvalue weighted by atomic mass is 16.4. The first-order valence-electron chi connectivity index (χ1n) is 6.34. The Morgan fingerprint density at radius 2 is 2.06 bits per heavy atom. The number of amides is 1. The van der Waals surface area contributed by atoms with Gasteiger partial charge in [-0.05, 0) is 43.0 Å². The number of aromatic carboxylic acids is 1. The van der Waals surface area contributed by atoms with Crippen molar-refractivity contribution in [3.63, 3.8) is 0 Å². The van der Waals surface area contributed by atoms with E-state index in [9.17, 15) is 9.59 Å². The van der Waals surface area contributed by atoms with Gasteiger partial charge in [0.2, 0.25) is 5.91 Å². The van der Waals surface area contributed by atoms with E-state index in [1.54, 1.807) is 18.2 Å². The molecule has 1 heterocycles. The van der Waals surface area contributed by atoms with Crippen molar-refractivity contribution in [1.29, 1.82) is 0 Å². The first-order chi connectivity index (χ1) is 8.66. The van der Waals surface area contributed by atoms with Crippen molar-refractivity contribution < 1.29 is 14.7 Å². The molecule has 1 aromatic rings. The lowest BCUT2D eigenvalue weighted by Gasteiger charge is -2.29. The molecule has 4 nitrogen and oxygen atoms in total. The molecule has 1 aliphatic heterocycles. The Labute approximate surface area is 105 Å². The van der Waals surface area contributed by atoms with Crippen molar-refractivity contribution in [2.75, 3.05) is 11.4 Å². The van der Waals surface area contributed by atoms with Crippen LogP contribution in [-0.2, 0) is 11.2 Å². The molecular weight excluding hydrogens is 230 g/mol. The first kappa shape index (κ1) is 11.3. The third kappa shape index (κ3) is 1.68. The van der Waals surface area contributed by atoms with Crippen molar-refractivity contribution >= 4 is 17.6 Å². The van der Waals surface area contributed by atoms with Crippen LogP contribution in [0.3, 0.4) is 0 Å². The molecule has 18 heavy (non-hydrogen) atoms. The third-order valence-electron chi connectivity index (χ3n) is 3.94. The summed E-state index contributed by atoms with van der Waals surface area (Å²) in [4.78, 5) is 24.9. The van der Waals surface area contributed by atoms with Crippen molar-refractivity contribution in [2.45, 2.75) is 25.7 Å². The topological polar surface area (TPSA) is 57.6 Å². The van der Waals surface area contributed by atoms with E-state index in [1.165, 1.54) is 0 Å². The molecule has 1 fully saturated rings. The number of carboxylic acid groups (broad SMARTS) is 1. The highest BCUT2D eigenvalue weighted by Crippen LogP contribution is 2.34. The summed E-state index contributed by atoms with van der Waals surface area (Å²) in [6, 6.07) is 5.03. The average molecular weight is 245 g/mol. The van der Waals surface area contributed by atoms with Crippen LogP contribution in [0.25, 0.3) is 0 Å². The molecule has 0 bridgehead atoms. The number of nitrogens with zero attached hydrogens (tertiary/aromatic N) is 1. The minimum absolute atomic E-state index is 0.190. The van der Waals surface area contributed by atoms with Crippen LogP contribution in [0, 0.1) is 5.92 Å². The van der Waals surface area contributed by atoms with E-state index in [1.807, 2.05) is 4.90 Å². The van der Waals surface area contributed by atoms with Gasteiger partial charge in [-0.1, -0.05) is 6.42 Å². The Hall–Kier alpha value is -1.84. The zero-order valence-electron chi connectivity index (χ0n) is 10.1. The molecule has 1 saturated carbocycles. The van der Waals surface area contributed by atoms with Gasteiger partial charge in [-0.2, -0.15) is 0 Å². The highest BCUT2D eigenvalue weighted by molar-refractivity contribution is 5.98. The molecule has 0 spiro atoms. The molecule has 3 rings (SSSR count). The van der Waals surface area contributed by atoms with E-state index in [2.05, 4.69) is 0 Å². The van der Waals surface area contributed by atoms with Crippen LogP contribution < -0.4 is 4.90 Å². The largest absolute Gasteiger partial charge is 0.478 e. The van der Waals surface area contributed by atoms with E-state index in [0.717, 1.165) is 36.9 Å². The smallest absolute Gasteiger partial charge is 0.335 e. The van der Waals surface area contributed by atoms with Gasteiger partial charge in [0.25, 0.3) is 0 Å². The minimum Gasteiger partial charge on any atom is -0.478 e. The van der Waals surface area contributed by atoms with Crippen molar-refractivity contribution in [3.8, 4) is 0 Å². The Balaban J connectivity index is 1.87. The second-order valence-electron chi connectivity index (χ2n) is 5.02. The van der Waals surface area contributed by atoms with Gasteiger partial charge >= 0.3 is 5.97 Å². The first-order valence-corrected chi connectivity index (χ1v) is 6.34. The molecule has 0 atom stereocenters. The number of hydrogen-bond acceptors (Lipinski definition) is 2. The summed E-state index contributed by atoms with van der Waals surface area (Å²) in [6.45, 7) is 0.688. The van der Waals surface area contributed by atoms with Gasteiger partial charge in [-0.15, -0.1) is 0 Å². The maximum absolute atomic E-state index is 12.2. The summed E-state index contributed by atoms with van der Waals surface area (Å²) in [5, 5.41) is 8.95. The standard InChI is InChI=1S/C14H15NO3/c16-13(9-2-1-3-9)15-7-6-10-8-11(14(17)18)4-5-12(10)15/h4-5,8-9H,1-3,6-7H2,(H,17,18). The number of rotatable bonds is 2. The molecule has 0 radical (unpaired) electrons. The molecule has 1 aliphatic carbocycles. The number of carboxylic acids is 1. The Bertz CT molecular complexity index is 520. The number of anilines is 1. The van der Waals surface area contributed by atoms with Gasteiger partial charge in [0.15, 0.2) is 0 Å². The van der Waals surface area contributed by atoms with Gasteiger partial charge in [0.1, 0.15) is 0 Å². The number of carbonyl (C=O) groups is 2. The lowest BCUT2D eigenvalue weighted by Crippen LogP contribution is -2.37. The van der Waals surface area contributed by atoms with E-state index in [4.69, 9.17) is 5.11 Å². The van der Waals surface area contributed by atoms with Crippen molar-refractivity contribution in [3.05, 3.63) is 29.3 Å². The van der Waals surface area contributed by atoms with E-state index >= 15 is 0 Å². The minimum atomic E-state index is -0.915. The second-order valence-corrected chi connectivity index (χ2v) is 5.02. The maximum atomic E-state index is 12.2. The molecule has 0 aromatic heterocycles. The normalized spacial score (nSPS) is 18.3. The van der Waals surface area contributed by atoms with E-state index < -0.39 is 5.97 Å². The SMILES string of the molecule is O=C(O)c1ccc2c(c1)CCN2C(=O)C1CCC1. The zero-order chi connectivity index (χ0) is 12.7. The maximum Gasteiger partial charge on any atom is 0.335 e. The van der Waals surface area contributed by atoms with Crippen LogP contribution in [-0.4, -0.2) is 23.5 Å². The molecule has 0 unspecified atom stereocenters. The summed E-state index contributed by atoms with van der Waals surface area (Å²) in [5.74, 6) is -0.514. The third-order valence-corrected chi connectivity index (χ3v) is 3.94. The van der Waals surface area contributed by atoms with Crippen LogP contribution in [0.1, 0.15) is 35.2 Å². The Morgan fingerprint density at radius 1 is 1.28 bits per heavy atom. The van der Waals surface area contributed by atoms with Crippen LogP contribution in [0.2, 0.25) is 0 Å². The van der Waals surface area contributed by atoms with Crippen molar-refractivity contribution in [2.24, 2.45) is 5.92 Å². The molecular formula is C14H15NO3. The zero-order valence-corrected chi connectivity index (χ0v) is 10.1. The molecule has 0 saturated heterocycles. The fourth-order valence-corrected chi connectivity index (χ4v) is 2.64. The fraction of sp³-hybridized carbons (Fsp3) is 0.429. The predicted octanol–water partition coefficient (Wildman–Crippen LogP) is 2.07. The molecule has 1 N–H and O–H groups in total.